The molecule has 2 aromatic rings. The van der Waals surface area contributed by atoms with Gasteiger partial charge in [-0.1, -0.05) is 18.2 Å². The zero-order valence-corrected chi connectivity index (χ0v) is 13.5. The van der Waals surface area contributed by atoms with Gasteiger partial charge < -0.3 is 15.3 Å². The summed E-state index contributed by atoms with van der Waals surface area (Å²) in [5, 5.41) is 17.5. The summed E-state index contributed by atoms with van der Waals surface area (Å²) >= 11 is 0. The Balaban J connectivity index is 1.71. The molecule has 2 amide bonds. The SMILES string of the molecule is CC(=O)N1CCCC(O)(C(=O)Nc2ccn(-c3ccccc3)n2)C1. The largest absolute Gasteiger partial charge is 0.378 e. The van der Waals surface area contributed by atoms with Crippen molar-refractivity contribution in [3.05, 3.63) is 42.6 Å². The van der Waals surface area contributed by atoms with Gasteiger partial charge in [0.1, 0.15) is 0 Å². The van der Waals surface area contributed by atoms with Crippen molar-refractivity contribution in [2.75, 3.05) is 18.4 Å². The fourth-order valence-electron chi connectivity index (χ4n) is 2.84. The molecule has 1 aliphatic heterocycles. The van der Waals surface area contributed by atoms with Gasteiger partial charge in [0.15, 0.2) is 11.4 Å². The lowest BCUT2D eigenvalue weighted by molar-refractivity contribution is -0.146. The summed E-state index contributed by atoms with van der Waals surface area (Å²) in [7, 11) is 0. The molecule has 1 unspecified atom stereocenters. The number of hydrogen-bond donors (Lipinski definition) is 2. The number of benzene rings is 1. The molecule has 7 heteroatoms. The Morgan fingerprint density at radius 3 is 2.71 bits per heavy atom. The van der Waals surface area contributed by atoms with Crippen LogP contribution in [0, 0.1) is 0 Å². The topological polar surface area (TPSA) is 87.5 Å². The molecule has 0 saturated carbocycles. The molecule has 7 nitrogen and oxygen atoms in total. The second-order valence-corrected chi connectivity index (χ2v) is 6.01. The van der Waals surface area contributed by atoms with Gasteiger partial charge in [-0.15, -0.1) is 0 Å². The van der Waals surface area contributed by atoms with Crippen LogP contribution in [-0.4, -0.2) is 50.3 Å². The van der Waals surface area contributed by atoms with E-state index in [9.17, 15) is 14.7 Å². The van der Waals surface area contributed by atoms with Crippen LogP contribution in [0.3, 0.4) is 0 Å². The third-order valence-corrected chi connectivity index (χ3v) is 4.19. The van der Waals surface area contributed by atoms with Gasteiger partial charge in [0, 0.05) is 25.7 Å². The number of amides is 2. The summed E-state index contributed by atoms with van der Waals surface area (Å²) in [5.74, 6) is -0.321. The summed E-state index contributed by atoms with van der Waals surface area (Å²) in [6.07, 6.45) is 2.64. The number of rotatable bonds is 3. The van der Waals surface area contributed by atoms with Crippen LogP contribution in [-0.2, 0) is 9.59 Å². The Kier molecular flexibility index (Phi) is 4.35. The highest BCUT2D eigenvalue weighted by atomic mass is 16.3. The first-order valence-electron chi connectivity index (χ1n) is 7.88. The predicted octanol–water partition coefficient (Wildman–Crippen LogP) is 1.18. The van der Waals surface area contributed by atoms with Gasteiger partial charge in [0.05, 0.1) is 12.2 Å². The highest BCUT2D eigenvalue weighted by molar-refractivity contribution is 5.97. The molecule has 2 heterocycles. The zero-order valence-electron chi connectivity index (χ0n) is 13.5. The first-order chi connectivity index (χ1) is 11.5. The number of carbonyl (C=O) groups excluding carboxylic acids is 2. The van der Waals surface area contributed by atoms with Crippen molar-refractivity contribution in [1.29, 1.82) is 0 Å². The van der Waals surface area contributed by atoms with Crippen molar-refractivity contribution in [2.24, 2.45) is 0 Å². The molecule has 1 aliphatic rings. The third kappa shape index (κ3) is 3.30. The smallest absolute Gasteiger partial charge is 0.259 e. The molecule has 1 fully saturated rings. The maximum atomic E-state index is 12.5. The van der Waals surface area contributed by atoms with Crippen LogP contribution in [0.5, 0.6) is 0 Å². The average molecular weight is 328 g/mol. The van der Waals surface area contributed by atoms with Gasteiger partial charge >= 0.3 is 0 Å². The quantitative estimate of drug-likeness (QED) is 0.886. The van der Waals surface area contributed by atoms with E-state index in [0.717, 1.165) is 5.69 Å². The van der Waals surface area contributed by atoms with E-state index in [2.05, 4.69) is 10.4 Å². The summed E-state index contributed by atoms with van der Waals surface area (Å²) in [6, 6.07) is 11.2. The van der Waals surface area contributed by atoms with Crippen LogP contribution in [0.2, 0.25) is 0 Å². The summed E-state index contributed by atoms with van der Waals surface area (Å²) < 4.78 is 1.64. The molecule has 2 N–H and O–H groups in total. The van der Waals surface area contributed by atoms with E-state index >= 15 is 0 Å². The van der Waals surface area contributed by atoms with E-state index in [1.54, 1.807) is 16.9 Å². The number of aliphatic hydroxyl groups is 1. The van der Waals surface area contributed by atoms with Crippen molar-refractivity contribution >= 4 is 17.6 Å². The molecule has 1 aromatic heterocycles. The fraction of sp³-hybridized carbons (Fsp3) is 0.353. The zero-order chi connectivity index (χ0) is 17.2. The Morgan fingerprint density at radius 2 is 2.00 bits per heavy atom. The number of β-amino-alcohol motifs (C(OH)–C–C–N with tert-alkyl or cyclic N) is 1. The monoisotopic (exact) mass is 328 g/mol. The molecule has 1 aromatic carbocycles. The number of aromatic nitrogens is 2. The Morgan fingerprint density at radius 1 is 1.25 bits per heavy atom. The second-order valence-electron chi connectivity index (χ2n) is 6.01. The molecular weight excluding hydrogens is 308 g/mol. The van der Waals surface area contributed by atoms with Crippen LogP contribution in [0.15, 0.2) is 42.6 Å². The normalized spacial score (nSPS) is 20.7. The maximum Gasteiger partial charge on any atom is 0.259 e. The predicted molar refractivity (Wildman–Crippen MR) is 88.6 cm³/mol. The summed E-state index contributed by atoms with van der Waals surface area (Å²) in [4.78, 5) is 25.4. The Bertz CT molecular complexity index is 743. The number of para-hydroxylation sites is 1. The van der Waals surface area contributed by atoms with Crippen LogP contribution < -0.4 is 5.32 Å². The van der Waals surface area contributed by atoms with Crippen molar-refractivity contribution in [1.82, 2.24) is 14.7 Å². The van der Waals surface area contributed by atoms with Crippen LogP contribution in [0.25, 0.3) is 5.69 Å². The lowest BCUT2D eigenvalue weighted by Crippen LogP contribution is -2.56. The van der Waals surface area contributed by atoms with E-state index in [-0.39, 0.29) is 12.5 Å². The highest BCUT2D eigenvalue weighted by Gasteiger charge is 2.41. The molecule has 1 atom stereocenters. The van der Waals surface area contributed by atoms with Gasteiger partial charge in [-0.05, 0) is 25.0 Å². The number of nitrogens with one attached hydrogen (secondary N) is 1. The van der Waals surface area contributed by atoms with E-state index in [4.69, 9.17) is 0 Å². The Hall–Kier alpha value is -2.67. The first kappa shape index (κ1) is 16.2. The van der Waals surface area contributed by atoms with E-state index in [0.29, 0.717) is 25.2 Å². The third-order valence-electron chi connectivity index (χ3n) is 4.19. The van der Waals surface area contributed by atoms with Crippen molar-refractivity contribution in [3.8, 4) is 5.69 Å². The number of nitrogens with zero attached hydrogens (tertiary/aromatic N) is 3. The molecule has 3 rings (SSSR count). The standard InChI is InChI=1S/C17H20N4O3/c1-13(22)20-10-5-9-17(24,12-20)16(23)18-15-8-11-21(19-15)14-6-3-2-4-7-14/h2-4,6-8,11,24H,5,9-10,12H2,1H3,(H,18,19,23). The van der Waals surface area contributed by atoms with E-state index in [1.807, 2.05) is 30.3 Å². The number of carbonyl (C=O) groups is 2. The molecule has 0 spiro atoms. The van der Waals surface area contributed by atoms with Crippen molar-refractivity contribution in [3.63, 3.8) is 0 Å². The van der Waals surface area contributed by atoms with Gasteiger partial charge in [-0.25, -0.2) is 4.68 Å². The molecule has 0 aliphatic carbocycles. The van der Waals surface area contributed by atoms with Gasteiger partial charge in [0.25, 0.3) is 5.91 Å². The van der Waals surface area contributed by atoms with Gasteiger partial charge in [-0.2, -0.15) is 5.10 Å². The molecule has 0 radical (unpaired) electrons. The van der Waals surface area contributed by atoms with Crippen LogP contribution in [0.4, 0.5) is 5.82 Å². The first-order valence-corrected chi connectivity index (χ1v) is 7.88. The maximum absolute atomic E-state index is 12.5. The van der Waals surface area contributed by atoms with Crippen LogP contribution in [0.1, 0.15) is 19.8 Å². The highest BCUT2D eigenvalue weighted by Crippen LogP contribution is 2.23. The summed E-state index contributed by atoms with van der Waals surface area (Å²) in [5.41, 5.74) is -0.711. The van der Waals surface area contributed by atoms with E-state index < -0.39 is 11.5 Å². The lowest BCUT2D eigenvalue weighted by atomic mass is 9.92. The number of anilines is 1. The second kappa shape index (κ2) is 6.45. The minimum absolute atomic E-state index is 0.00750. The van der Waals surface area contributed by atoms with Crippen molar-refractivity contribution in [2.45, 2.75) is 25.4 Å². The minimum Gasteiger partial charge on any atom is -0.378 e. The average Bonchev–Trinajstić information content (AvgIpc) is 3.04. The number of likely N-dealkylation sites (tertiary alicyclic amines) is 1. The fourth-order valence-corrected chi connectivity index (χ4v) is 2.84. The summed E-state index contributed by atoms with van der Waals surface area (Å²) in [6.45, 7) is 2.01. The lowest BCUT2D eigenvalue weighted by Gasteiger charge is -2.37. The van der Waals surface area contributed by atoms with Gasteiger partial charge in [0.2, 0.25) is 5.91 Å². The molecule has 24 heavy (non-hydrogen) atoms. The molecule has 126 valence electrons. The molecular formula is C17H20N4O3. The van der Waals surface area contributed by atoms with Crippen molar-refractivity contribution < 1.29 is 14.7 Å². The molecule has 0 bridgehead atoms. The number of hydrogen-bond acceptors (Lipinski definition) is 4. The van der Waals surface area contributed by atoms with Crippen LogP contribution >= 0.6 is 0 Å². The number of piperidine rings is 1. The van der Waals surface area contributed by atoms with Gasteiger partial charge in [-0.3, -0.25) is 9.59 Å². The van der Waals surface area contributed by atoms with E-state index in [1.165, 1.54) is 11.8 Å². The Labute approximate surface area is 139 Å². The molecule has 1 saturated heterocycles. The minimum atomic E-state index is -1.58.